The van der Waals surface area contributed by atoms with Crippen molar-refractivity contribution in [1.82, 2.24) is 0 Å². The molecule has 0 aromatic rings. The zero-order chi connectivity index (χ0) is 39.3. The number of ether oxygens (including phenoxy) is 1. The van der Waals surface area contributed by atoms with Crippen molar-refractivity contribution in [2.24, 2.45) is 0 Å². The Balaban J connectivity index is 3.98. The molecule has 4 heteroatoms. The van der Waals surface area contributed by atoms with E-state index in [1.165, 1.54) is 135 Å². The number of aliphatic carboxylic acids is 1. The van der Waals surface area contributed by atoms with Crippen molar-refractivity contribution in [2.45, 2.75) is 258 Å². The molecule has 0 aliphatic carbocycles. The molecular weight excluding hydrogens is 665 g/mol. The van der Waals surface area contributed by atoms with Crippen molar-refractivity contribution in [1.29, 1.82) is 0 Å². The van der Waals surface area contributed by atoms with E-state index in [0.717, 1.165) is 89.9 Å². The van der Waals surface area contributed by atoms with Crippen molar-refractivity contribution in [2.75, 3.05) is 0 Å². The van der Waals surface area contributed by atoms with Gasteiger partial charge in [0.05, 0.1) is 0 Å². The number of esters is 1. The Morgan fingerprint density at radius 3 is 1.20 bits per heavy atom. The van der Waals surface area contributed by atoms with Gasteiger partial charge in [0.1, 0.15) is 6.10 Å². The molecule has 0 aliphatic heterocycles. The van der Waals surface area contributed by atoms with Gasteiger partial charge < -0.3 is 9.84 Å². The van der Waals surface area contributed by atoms with Gasteiger partial charge in [-0.3, -0.25) is 9.59 Å². The monoisotopic (exact) mass is 755 g/mol. The molecule has 0 bridgehead atoms. The van der Waals surface area contributed by atoms with Gasteiger partial charge in [-0.25, -0.2) is 0 Å². The minimum Gasteiger partial charge on any atom is -0.481 e. The molecule has 0 amide bonds. The van der Waals surface area contributed by atoms with Gasteiger partial charge in [-0.15, -0.1) is 0 Å². The molecule has 54 heavy (non-hydrogen) atoms. The third kappa shape index (κ3) is 44.3. The number of carboxylic acid groups (broad SMARTS) is 1. The summed E-state index contributed by atoms with van der Waals surface area (Å²) >= 11 is 0. The second-order valence-corrected chi connectivity index (χ2v) is 15.9. The molecule has 0 spiro atoms. The van der Waals surface area contributed by atoms with E-state index in [1.54, 1.807) is 0 Å². The van der Waals surface area contributed by atoms with Crippen LogP contribution >= 0.6 is 0 Å². The lowest BCUT2D eigenvalue weighted by Crippen LogP contribution is -2.18. The van der Waals surface area contributed by atoms with Crippen LogP contribution in [0.4, 0.5) is 0 Å². The second-order valence-electron chi connectivity index (χ2n) is 15.9. The number of hydrogen-bond acceptors (Lipinski definition) is 3. The standard InChI is InChI=1S/C50H90O4/c1-3-5-7-9-11-13-15-17-19-20-21-22-23-24-26-28-30-32-34-39-43-47-50(53)54-48(45-41-37-35-38-42-46-49(51)52)44-40-36-33-31-29-27-25-18-16-14-12-10-8-6-4-2/h5,7,11,13,17,19,21-22,48H,3-4,6,8-10,12,14-16,18,20,23-47H2,1-2H3,(H,51,52)/b7-5-,13-11-,19-17-,22-21-. The van der Waals surface area contributed by atoms with Gasteiger partial charge in [0.25, 0.3) is 0 Å². The third-order valence-electron chi connectivity index (χ3n) is 10.6. The summed E-state index contributed by atoms with van der Waals surface area (Å²) in [7, 11) is 0. The van der Waals surface area contributed by atoms with E-state index in [2.05, 4.69) is 62.5 Å². The molecule has 0 saturated carbocycles. The molecule has 0 aliphatic rings. The third-order valence-corrected chi connectivity index (χ3v) is 10.6. The Kier molecular flexibility index (Phi) is 43.5. The number of hydrogen-bond donors (Lipinski definition) is 1. The highest BCUT2D eigenvalue weighted by Crippen LogP contribution is 2.19. The zero-order valence-electron chi connectivity index (χ0n) is 36.0. The topological polar surface area (TPSA) is 63.6 Å². The van der Waals surface area contributed by atoms with E-state index in [9.17, 15) is 9.59 Å². The number of unbranched alkanes of at least 4 members (excludes halogenated alkanes) is 26. The van der Waals surface area contributed by atoms with E-state index in [-0.39, 0.29) is 18.5 Å². The maximum Gasteiger partial charge on any atom is 0.306 e. The van der Waals surface area contributed by atoms with Crippen LogP contribution in [0.15, 0.2) is 48.6 Å². The highest BCUT2D eigenvalue weighted by Gasteiger charge is 2.14. The number of carboxylic acids is 1. The van der Waals surface area contributed by atoms with Crippen molar-refractivity contribution in [3.8, 4) is 0 Å². The zero-order valence-corrected chi connectivity index (χ0v) is 36.0. The number of carbonyl (C=O) groups excluding carboxylic acids is 1. The summed E-state index contributed by atoms with van der Waals surface area (Å²) in [5.41, 5.74) is 0. The molecule has 0 rings (SSSR count). The maximum absolute atomic E-state index is 12.8. The SMILES string of the molecule is CC/C=C\C/C=C\C/C=C\C/C=C\CCCCCCCCCCC(=O)OC(CCCCCCCCCCCCCCCCC)CCCCCCCC(=O)O. The number of carbonyl (C=O) groups is 2. The van der Waals surface area contributed by atoms with Crippen LogP contribution in [0.3, 0.4) is 0 Å². The van der Waals surface area contributed by atoms with Crippen molar-refractivity contribution >= 4 is 11.9 Å². The number of allylic oxidation sites excluding steroid dienone is 8. The minimum absolute atomic E-state index is 0.00161. The summed E-state index contributed by atoms with van der Waals surface area (Å²) in [5, 5.41) is 8.86. The Bertz CT molecular complexity index is 900. The predicted molar refractivity (Wildman–Crippen MR) is 236 cm³/mol. The highest BCUT2D eigenvalue weighted by molar-refractivity contribution is 5.69. The molecule has 0 saturated heterocycles. The lowest BCUT2D eigenvalue weighted by molar-refractivity contribution is -0.150. The molecule has 314 valence electrons. The lowest BCUT2D eigenvalue weighted by atomic mass is 10.0. The molecule has 1 unspecified atom stereocenters. The van der Waals surface area contributed by atoms with E-state index < -0.39 is 5.97 Å². The quantitative estimate of drug-likeness (QED) is 0.0382. The van der Waals surface area contributed by atoms with Crippen LogP contribution < -0.4 is 0 Å². The molecule has 0 aromatic heterocycles. The van der Waals surface area contributed by atoms with Gasteiger partial charge in [0, 0.05) is 12.8 Å². The Morgan fingerprint density at radius 1 is 0.426 bits per heavy atom. The summed E-state index contributed by atoms with van der Waals surface area (Å²) in [5.74, 6) is -0.701. The van der Waals surface area contributed by atoms with Gasteiger partial charge in [-0.05, 0) is 77.0 Å². The van der Waals surface area contributed by atoms with E-state index in [0.29, 0.717) is 6.42 Å². The summed E-state index contributed by atoms with van der Waals surface area (Å²) in [6, 6.07) is 0. The first-order valence-corrected chi connectivity index (χ1v) is 23.6. The van der Waals surface area contributed by atoms with Crippen LogP contribution in [-0.2, 0) is 14.3 Å². The first kappa shape index (κ1) is 51.9. The molecule has 0 aromatic carbocycles. The lowest BCUT2D eigenvalue weighted by Gasteiger charge is -2.18. The summed E-state index contributed by atoms with van der Waals surface area (Å²) in [6.07, 6.45) is 61.5. The molecule has 1 N–H and O–H groups in total. The van der Waals surface area contributed by atoms with E-state index >= 15 is 0 Å². The van der Waals surface area contributed by atoms with Gasteiger partial charge in [-0.2, -0.15) is 0 Å². The van der Waals surface area contributed by atoms with Crippen LogP contribution in [0, 0.1) is 0 Å². The molecule has 0 radical (unpaired) electrons. The Labute approximate surface area is 336 Å². The minimum atomic E-state index is -0.699. The van der Waals surface area contributed by atoms with Crippen LogP contribution in [0.1, 0.15) is 251 Å². The summed E-state index contributed by atoms with van der Waals surface area (Å²) < 4.78 is 6.04. The normalized spacial score (nSPS) is 12.6. The Morgan fingerprint density at radius 2 is 0.778 bits per heavy atom. The van der Waals surface area contributed by atoms with Crippen LogP contribution in [0.2, 0.25) is 0 Å². The van der Waals surface area contributed by atoms with Gasteiger partial charge in [-0.1, -0.05) is 210 Å². The largest absolute Gasteiger partial charge is 0.481 e. The van der Waals surface area contributed by atoms with Crippen LogP contribution in [0.5, 0.6) is 0 Å². The summed E-state index contributed by atoms with van der Waals surface area (Å²) in [4.78, 5) is 23.5. The molecule has 4 nitrogen and oxygen atoms in total. The van der Waals surface area contributed by atoms with Crippen LogP contribution in [0.25, 0.3) is 0 Å². The highest BCUT2D eigenvalue weighted by atomic mass is 16.5. The second kappa shape index (κ2) is 45.3. The van der Waals surface area contributed by atoms with Gasteiger partial charge >= 0.3 is 11.9 Å². The molecule has 0 heterocycles. The first-order chi connectivity index (χ1) is 26.6. The van der Waals surface area contributed by atoms with Crippen molar-refractivity contribution < 1.29 is 19.4 Å². The number of rotatable bonds is 43. The average Bonchev–Trinajstić information content (AvgIpc) is 3.16. The smallest absolute Gasteiger partial charge is 0.306 e. The predicted octanol–water partition coefficient (Wildman–Crippen LogP) is 16.7. The fourth-order valence-corrected chi connectivity index (χ4v) is 7.12. The van der Waals surface area contributed by atoms with Gasteiger partial charge in [0.15, 0.2) is 0 Å². The Hall–Kier alpha value is -2.10. The summed E-state index contributed by atoms with van der Waals surface area (Å²) in [6.45, 7) is 4.45. The molecular formula is C50H90O4. The van der Waals surface area contributed by atoms with Crippen molar-refractivity contribution in [3.63, 3.8) is 0 Å². The molecule has 1 atom stereocenters. The maximum atomic E-state index is 12.8. The van der Waals surface area contributed by atoms with Gasteiger partial charge in [0.2, 0.25) is 0 Å². The van der Waals surface area contributed by atoms with Crippen LogP contribution in [-0.4, -0.2) is 23.1 Å². The fourth-order valence-electron chi connectivity index (χ4n) is 7.12. The molecule has 0 fully saturated rings. The van der Waals surface area contributed by atoms with E-state index in [1.807, 2.05) is 0 Å². The van der Waals surface area contributed by atoms with E-state index in [4.69, 9.17) is 9.84 Å². The first-order valence-electron chi connectivity index (χ1n) is 23.6. The average molecular weight is 755 g/mol. The fraction of sp³-hybridized carbons (Fsp3) is 0.800. The van der Waals surface area contributed by atoms with Crippen molar-refractivity contribution in [3.05, 3.63) is 48.6 Å².